The molecule has 0 N–H and O–H groups in total. The number of fused-ring (bicyclic) bond motifs is 1. The molecule has 0 saturated carbocycles. The molecule has 1 aliphatic heterocycles. The minimum Gasteiger partial charge on any atom is -0.376 e. The van der Waals surface area contributed by atoms with Gasteiger partial charge >= 0.3 is 0 Å². The molecule has 1 atom stereocenters. The van der Waals surface area contributed by atoms with Gasteiger partial charge < -0.3 is 4.74 Å². The molecule has 4 rings (SSSR count). The molecule has 1 aromatic heterocycles. The number of carbonyl (C=O) groups excluding carboxylic acids is 1. The zero-order valence-corrected chi connectivity index (χ0v) is 19.4. The molecule has 4 nitrogen and oxygen atoms in total. The van der Waals surface area contributed by atoms with Crippen molar-refractivity contribution < 1.29 is 9.53 Å². The topological polar surface area (TPSA) is 42.4 Å². The first-order chi connectivity index (χ1) is 14.6. The van der Waals surface area contributed by atoms with Crippen molar-refractivity contribution in [3.8, 4) is 0 Å². The summed E-state index contributed by atoms with van der Waals surface area (Å²) in [5.74, 6) is 1.03. The summed E-state index contributed by atoms with van der Waals surface area (Å²) in [4.78, 5) is 20.9. The third kappa shape index (κ3) is 5.55. The molecule has 1 fully saturated rings. The Morgan fingerprint density at radius 3 is 2.90 bits per heavy atom. The summed E-state index contributed by atoms with van der Waals surface area (Å²) >= 11 is 9.44. The third-order valence-corrected chi connectivity index (χ3v) is 7.48. The average Bonchev–Trinajstić information content (AvgIpc) is 3.39. The van der Waals surface area contributed by atoms with Crippen LogP contribution in [0.5, 0.6) is 0 Å². The lowest BCUT2D eigenvalue weighted by Crippen LogP contribution is -2.37. The summed E-state index contributed by atoms with van der Waals surface area (Å²) in [5, 5.41) is 1.42. The highest BCUT2D eigenvalue weighted by Crippen LogP contribution is 2.32. The van der Waals surface area contributed by atoms with Crippen molar-refractivity contribution in [2.75, 3.05) is 23.8 Å². The van der Waals surface area contributed by atoms with Crippen molar-refractivity contribution >= 4 is 56.0 Å². The largest absolute Gasteiger partial charge is 0.376 e. The van der Waals surface area contributed by atoms with Crippen LogP contribution in [0.1, 0.15) is 31.2 Å². The van der Waals surface area contributed by atoms with Crippen LogP contribution in [0, 0.1) is 6.92 Å². The Hall–Kier alpha value is -1.60. The van der Waals surface area contributed by atoms with Crippen LogP contribution in [-0.2, 0) is 9.53 Å². The van der Waals surface area contributed by atoms with Crippen LogP contribution in [0.15, 0.2) is 47.4 Å². The Morgan fingerprint density at radius 1 is 1.30 bits per heavy atom. The molecule has 1 amide bonds. The van der Waals surface area contributed by atoms with Gasteiger partial charge in [-0.05, 0) is 62.3 Å². The van der Waals surface area contributed by atoms with Gasteiger partial charge in [0.1, 0.15) is 0 Å². The second-order valence-electron chi connectivity index (χ2n) is 7.51. The first-order valence-corrected chi connectivity index (χ1v) is 12.4. The summed E-state index contributed by atoms with van der Waals surface area (Å²) in [6.45, 7) is 3.43. The van der Waals surface area contributed by atoms with Crippen LogP contribution >= 0.6 is 34.7 Å². The van der Waals surface area contributed by atoms with Gasteiger partial charge in [-0.25, -0.2) is 4.98 Å². The first kappa shape index (κ1) is 21.6. The van der Waals surface area contributed by atoms with E-state index in [0.29, 0.717) is 18.0 Å². The van der Waals surface area contributed by atoms with Crippen molar-refractivity contribution in [2.24, 2.45) is 0 Å². The predicted octanol–water partition coefficient (Wildman–Crippen LogP) is 6.34. The number of anilines is 1. The van der Waals surface area contributed by atoms with E-state index in [-0.39, 0.29) is 12.0 Å². The van der Waals surface area contributed by atoms with E-state index in [2.05, 4.69) is 31.2 Å². The van der Waals surface area contributed by atoms with Gasteiger partial charge in [0.15, 0.2) is 5.13 Å². The number of halogens is 1. The normalized spacial score (nSPS) is 16.3. The Labute approximate surface area is 190 Å². The van der Waals surface area contributed by atoms with E-state index < -0.39 is 0 Å². The van der Waals surface area contributed by atoms with Crippen molar-refractivity contribution in [1.29, 1.82) is 0 Å². The second kappa shape index (κ2) is 10.1. The maximum absolute atomic E-state index is 13.1. The average molecular weight is 461 g/mol. The van der Waals surface area contributed by atoms with E-state index in [9.17, 15) is 4.79 Å². The maximum Gasteiger partial charge on any atom is 0.228 e. The van der Waals surface area contributed by atoms with E-state index >= 15 is 0 Å². The van der Waals surface area contributed by atoms with Gasteiger partial charge in [0, 0.05) is 22.9 Å². The molecule has 0 aliphatic carbocycles. The van der Waals surface area contributed by atoms with Crippen LogP contribution in [-0.4, -0.2) is 35.9 Å². The Balaban J connectivity index is 1.41. The van der Waals surface area contributed by atoms with E-state index in [1.807, 2.05) is 23.1 Å². The molecule has 1 unspecified atom stereocenters. The first-order valence-electron chi connectivity index (χ1n) is 10.3. The predicted molar refractivity (Wildman–Crippen MR) is 127 cm³/mol. The second-order valence-corrected chi connectivity index (χ2v) is 10.1. The molecule has 1 saturated heterocycles. The van der Waals surface area contributed by atoms with Crippen LogP contribution < -0.4 is 4.90 Å². The number of aryl methyl sites for hydroxylation is 1. The lowest BCUT2D eigenvalue weighted by molar-refractivity contribution is -0.119. The van der Waals surface area contributed by atoms with Gasteiger partial charge in [-0.1, -0.05) is 40.6 Å². The highest BCUT2D eigenvalue weighted by Gasteiger charge is 2.26. The van der Waals surface area contributed by atoms with Crippen LogP contribution in [0.25, 0.3) is 10.2 Å². The van der Waals surface area contributed by atoms with Crippen LogP contribution in [0.2, 0.25) is 5.02 Å². The minimum atomic E-state index is 0.0893. The van der Waals surface area contributed by atoms with Crippen molar-refractivity contribution in [3.63, 3.8) is 0 Å². The number of nitrogens with zero attached hydrogens (tertiary/aromatic N) is 2. The van der Waals surface area contributed by atoms with Gasteiger partial charge in [0.25, 0.3) is 0 Å². The van der Waals surface area contributed by atoms with Gasteiger partial charge in [0.2, 0.25) is 5.91 Å². The van der Waals surface area contributed by atoms with E-state index in [4.69, 9.17) is 21.3 Å². The number of rotatable bonds is 8. The highest BCUT2D eigenvalue weighted by atomic mass is 35.5. The summed E-state index contributed by atoms with van der Waals surface area (Å²) in [6.07, 6.45) is 3.46. The number of carbonyl (C=O) groups is 1. The summed E-state index contributed by atoms with van der Waals surface area (Å²) in [7, 11) is 0. The Morgan fingerprint density at radius 2 is 2.13 bits per heavy atom. The van der Waals surface area contributed by atoms with E-state index in [1.165, 1.54) is 21.8 Å². The zero-order chi connectivity index (χ0) is 20.9. The number of amides is 1. The molecule has 158 valence electrons. The summed E-state index contributed by atoms with van der Waals surface area (Å²) in [5.41, 5.74) is 2.14. The minimum absolute atomic E-state index is 0.0893. The van der Waals surface area contributed by atoms with Crippen molar-refractivity contribution in [1.82, 2.24) is 4.98 Å². The number of ether oxygens (including phenoxy) is 1. The number of thiazole rings is 1. The number of benzene rings is 2. The molecule has 0 radical (unpaired) electrons. The Bertz CT molecular complexity index is 1000. The molecular weight excluding hydrogens is 436 g/mol. The molecular formula is C23H25ClN2O2S2. The zero-order valence-electron chi connectivity index (χ0n) is 17.0. The molecule has 1 aliphatic rings. The third-order valence-electron chi connectivity index (χ3n) is 5.11. The van der Waals surface area contributed by atoms with Gasteiger partial charge in [-0.2, -0.15) is 0 Å². The van der Waals surface area contributed by atoms with Crippen molar-refractivity contribution in [2.45, 2.75) is 43.6 Å². The molecule has 3 aromatic rings. The number of thioether (sulfide) groups is 1. The fourth-order valence-corrected chi connectivity index (χ4v) is 5.58. The summed E-state index contributed by atoms with van der Waals surface area (Å²) < 4.78 is 6.80. The van der Waals surface area contributed by atoms with Gasteiger partial charge in [-0.3, -0.25) is 9.69 Å². The quantitative estimate of drug-likeness (QED) is 0.290. The molecule has 0 bridgehead atoms. The monoisotopic (exact) mass is 460 g/mol. The smallest absolute Gasteiger partial charge is 0.228 e. The molecule has 2 heterocycles. The van der Waals surface area contributed by atoms with Gasteiger partial charge in [0.05, 0.1) is 22.9 Å². The lowest BCUT2D eigenvalue weighted by atomic mass is 10.2. The summed E-state index contributed by atoms with van der Waals surface area (Å²) in [6, 6.07) is 14.2. The van der Waals surface area contributed by atoms with E-state index in [1.54, 1.807) is 11.8 Å². The molecule has 0 spiro atoms. The SMILES string of the molecule is Cc1ccc(SCCCC(=O)N(CC2CCCO2)c2nc3ccc(Cl)cc3s2)cc1. The highest BCUT2D eigenvalue weighted by molar-refractivity contribution is 7.99. The Kier molecular flexibility index (Phi) is 7.31. The fourth-order valence-electron chi connectivity index (χ4n) is 3.46. The molecule has 2 aromatic carbocycles. The standard InChI is InChI=1S/C23H25ClN2O2S2/c1-16-6-9-19(10-7-16)29-13-3-5-22(27)26(15-18-4-2-12-28-18)23-25-20-11-8-17(24)14-21(20)30-23/h6-11,14,18H,2-5,12-13,15H2,1H3. The number of hydrogen-bond donors (Lipinski definition) is 0. The van der Waals surface area contributed by atoms with Crippen molar-refractivity contribution in [3.05, 3.63) is 53.1 Å². The maximum atomic E-state index is 13.1. The van der Waals surface area contributed by atoms with Crippen LogP contribution in [0.4, 0.5) is 5.13 Å². The molecule has 7 heteroatoms. The lowest BCUT2D eigenvalue weighted by Gasteiger charge is -2.23. The number of hydrogen-bond acceptors (Lipinski definition) is 5. The fraction of sp³-hybridized carbons (Fsp3) is 0.391. The van der Waals surface area contributed by atoms with Gasteiger partial charge in [-0.15, -0.1) is 11.8 Å². The number of aromatic nitrogens is 1. The molecule has 30 heavy (non-hydrogen) atoms. The van der Waals surface area contributed by atoms with Crippen LogP contribution in [0.3, 0.4) is 0 Å². The van der Waals surface area contributed by atoms with E-state index in [0.717, 1.165) is 47.0 Å².